The van der Waals surface area contributed by atoms with Crippen molar-refractivity contribution in [3.05, 3.63) is 66.4 Å². The lowest BCUT2D eigenvalue weighted by Crippen LogP contribution is -2.50. The minimum atomic E-state index is -0.0886. The van der Waals surface area contributed by atoms with Gasteiger partial charge in [-0.2, -0.15) is 5.10 Å². The number of rotatable bonds is 4. The number of benzene rings is 2. The number of para-hydroxylation sites is 1. The van der Waals surface area contributed by atoms with Gasteiger partial charge in [-0.25, -0.2) is 4.68 Å². The van der Waals surface area contributed by atoms with E-state index in [0.717, 1.165) is 17.0 Å². The number of ether oxygens (including phenoxy) is 1. The monoisotopic (exact) mass is 404 g/mol. The molecule has 4 rings (SSSR count). The van der Waals surface area contributed by atoms with Crippen LogP contribution in [0.1, 0.15) is 17.4 Å². The average Bonchev–Trinajstić information content (AvgIpc) is 3.25. The highest BCUT2D eigenvalue weighted by Gasteiger charge is 2.27. The Bertz CT molecular complexity index is 1040. The Kier molecular flexibility index (Phi) is 5.52. The van der Waals surface area contributed by atoms with Crippen LogP contribution in [0.25, 0.3) is 16.9 Å². The lowest BCUT2D eigenvalue weighted by molar-refractivity contribution is -0.130. The molecule has 2 heterocycles. The molecule has 0 unspecified atom stereocenters. The molecule has 30 heavy (non-hydrogen) atoms. The van der Waals surface area contributed by atoms with Crippen LogP contribution in [0.2, 0.25) is 0 Å². The number of carbonyl (C=O) groups excluding carboxylic acids is 2. The van der Waals surface area contributed by atoms with Crippen LogP contribution in [-0.4, -0.2) is 64.7 Å². The minimum absolute atomic E-state index is 0.0400. The molecule has 0 bridgehead atoms. The molecule has 1 aromatic heterocycles. The molecule has 7 heteroatoms. The van der Waals surface area contributed by atoms with Gasteiger partial charge in [0.15, 0.2) is 0 Å². The number of nitrogens with zero attached hydrogens (tertiary/aromatic N) is 4. The second-order valence-corrected chi connectivity index (χ2v) is 7.19. The third kappa shape index (κ3) is 3.91. The van der Waals surface area contributed by atoms with Crippen molar-refractivity contribution in [1.29, 1.82) is 0 Å². The Balaban J connectivity index is 1.68. The van der Waals surface area contributed by atoms with E-state index < -0.39 is 0 Å². The van der Waals surface area contributed by atoms with Gasteiger partial charge in [-0.1, -0.05) is 18.2 Å². The quantitative estimate of drug-likeness (QED) is 0.671. The van der Waals surface area contributed by atoms with Gasteiger partial charge in [0.1, 0.15) is 11.4 Å². The van der Waals surface area contributed by atoms with E-state index in [2.05, 4.69) is 0 Å². The zero-order valence-electron chi connectivity index (χ0n) is 17.1. The third-order valence-electron chi connectivity index (χ3n) is 5.33. The summed E-state index contributed by atoms with van der Waals surface area (Å²) in [6.07, 6.45) is 0. The van der Waals surface area contributed by atoms with Crippen LogP contribution >= 0.6 is 0 Å². The van der Waals surface area contributed by atoms with Gasteiger partial charge < -0.3 is 14.5 Å². The maximum absolute atomic E-state index is 13.4. The summed E-state index contributed by atoms with van der Waals surface area (Å²) >= 11 is 0. The third-order valence-corrected chi connectivity index (χ3v) is 5.33. The topological polar surface area (TPSA) is 67.7 Å². The fourth-order valence-electron chi connectivity index (χ4n) is 3.59. The molecule has 154 valence electrons. The van der Waals surface area contributed by atoms with Crippen LogP contribution in [0, 0.1) is 0 Å². The van der Waals surface area contributed by atoms with Crippen molar-refractivity contribution >= 4 is 11.8 Å². The molecule has 2 aromatic carbocycles. The Labute approximate surface area is 175 Å². The Morgan fingerprint density at radius 1 is 0.900 bits per heavy atom. The maximum atomic E-state index is 13.4. The first-order valence-electron chi connectivity index (χ1n) is 9.91. The van der Waals surface area contributed by atoms with Crippen LogP contribution in [0.4, 0.5) is 0 Å². The number of hydrogen-bond acceptors (Lipinski definition) is 4. The molecule has 1 fully saturated rings. The van der Waals surface area contributed by atoms with Crippen LogP contribution in [0.15, 0.2) is 60.7 Å². The first kappa shape index (κ1) is 19.7. The van der Waals surface area contributed by atoms with Gasteiger partial charge in [-0.05, 0) is 42.5 Å². The predicted octanol–water partition coefficient (Wildman–Crippen LogP) is 2.85. The van der Waals surface area contributed by atoms with Crippen molar-refractivity contribution in [1.82, 2.24) is 19.6 Å². The second-order valence-electron chi connectivity index (χ2n) is 7.19. The molecule has 0 atom stereocenters. The molecule has 0 N–H and O–H groups in total. The standard InChI is InChI=1S/C23H24N4O3/c1-17(28)25-12-14-26(15-13-25)23(29)22-16-21(18-8-10-20(30-2)11-9-18)24-27(22)19-6-4-3-5-7-19/h3-11,16H,12-15H2,1-2H3. The maximum Gasteiger partial charge on any atom is 0.272 e. The smallest absolute Gasteiger partial charge is 0.272 e. The van der Waals surface area contributed by atoms with Gasteiger partial charge in [-0.15, -0.1) is 0 Å². The van der Waals surface area contributed by atoms with Crippen molar-refractivity contribution in [3.63, 3.8) is 0 Å². The largest absolute Gasteiger partial charge is 0.497 e. The van der Waals surface area contributed by atoms with Gasteiger partial charge in [-0.3, -0.25) is 9.59 Å². The Morgan fingerprint density at radius 3 is 2.13 bits per heavy atom. The van der Waals surface area contributed by atoms with E-state index in [0.29, 0.717) is 37.6 Å². The molecule has 0 radical (unpaired) electrons. The zero-order valence-corrected chi connectivity index (χ0v) is 17.1. The fourth-order valence-corrected chi connectivity index (χ4v) is 3.59. The summed E-state index contributed by atoms with van der Waals surface area (Å²) in [7, 11) is 1.63. The summed E-state index contributed by atoms with van der Waals surface area (Å²) in [5, 5.41) is 4.73. The van der Waals surface area contributed by atoms with Crippen molar-refractivity contribution in [2.75, 3.05) is 33.3 Å². The highest BCUT2D eigenvalue weighted by atomic mass is 16.5. The molecule has 0 saturated carbocycles. The lowest BCUT2D eigenvalue weighted by Gasteiger charge is -2.34. The molecule has 0 aliphatic carbocycles. The molecule has 3 aromatic rings. The Morgan fingerprint density at radius 2 is 1.53 bits per heavy atom. The van der Waals surface area contributed by atoms with Gasteiger partial charge in [0, 0.05) is 38.7 Å². The fraction of sp³-hybridized carbons (Fsp3) is 0.261. The summed E-state index contributed by atoms with van der Waals surface area (Å²) in [6, 6.07) is 19.1. The number of amides is 2. The summed E-state index contributed by atoms with van der Waals surface area (Å²) in [6.45, 7) is 3.67. The van der Waals surface area contributed by atoms with E-state index in [-0.39, 0.29) is 11.8 Å². The first-order chi connectivity index (χ1) is 14.6. The molecule has 1 aliphatic rings. The molecular formula is C23H24N4O3. The molecule has 1 aliphatic heterocycles. The summed E-state index contributed by atoms with van der Waals surface area (Å²) in [4.78, 5) is 28.5. The molecule has 0 spiro atoms. The van der Waals surface area contributed by atoms with Crippen molar-refractivity contribution in [2.24, 2.45) is 0 Å². The van der Waals surface area contributed by atoms with E-state index >= 15 is 0 Å². The average molecular weight is 404 g/mol. The molecule has 7 nitrogen and oxygen atoms in total. The zero-order chi connectivity index (χ0) is 21.1. The predicted molar refractivity (Wildman–Crippen MR) is 114 cm³/mol. The van der Waals surface area contributed by atoms with Crippen LogP contribution in [0.3, 0.4) is 0 Å². The second kappa shape index (κ2) is 8.41. The van der Waals surface area contributed by atoms with Crippen LogP contribution in [-0.2, 0) is 4.79 Å². The number of carbonyl (C=O) groups is 2. The van der Waals surface area contributed by atoms with Gasteiger partial charge in [0.25, 0.3) is 5.91 Å². The number of piperazine rings is 1. The molecule has 1 saturated heterocycles. The lowest BCUT2D eigenvalue weighted by atomic mass is 10.1. The molecule has 2 amide bonds. The van der Waals surface area contributed by atoms with Gasteiger partial charge in [0.2, 0.25) is 5.91 Å². The first-order valence-corrected chi connectivity index (χ1v) is 9.91. The summed E-state index contributed by atoms with van der Waals surface area (Å²) in [5.41, 5.74) is 2.94. The summed E-state index contributed by atoms with van der Waals surface area (Å²) < 4.78 is 6.93. The van der Waals surface area contributed by atoms with Crippen molar-refractivity contribution in [3.8, 4) is 22.7 Å². The van der Waals surface area contributed by atoms with E-state index in [4.69, 9.17) is 9.84 Å². The number of methoxy groups -OCH3 is 1. The van der Waals surface area contributed by atoms with E-state index in [1.807, 2.05) is 60.7 Å². The minimum Gasteiger partial charge on any atom is -0.497 e. The van der Waals surface area contributed by atoms with Gasteiger partial charge >= 0.3 is 0 Å². The summed E-state index contributed by atoms with van der Waals surface area (Å²) in [5.74, 6) is 0.716. The normalized spacial score (nSPS) is 13.9. The highest BCUT2D eigenvalue weighted by molar-refractivity contribution is 5.94. The molecular weight excluding hydrogens is 380 g/mol. The van der Waals surface area contributed by atoms with Gasteiger partial charge in [0.05, 0.1) is 18.5 Å². The highest BCUT2D eigenvalue weighted by Crippen LogP contribution is 2.25. The van der Waals surface area contributed by atoms with Crippen molar-refractivity contribution in [2.45, 2.75) is 6.92 Å². The Hall–Kier alpha value is -3.61. The van der Waals surface area contributed by atoms with Crippen LogP contribution in [0.5, 0.6) is 5.75 Å². The van der Waals surface area contributed by atoms with Crippen LogP contribution < -0.4 is 4.74 Å². The van der Waals surface area contributed by atoms with E-state index in [1.54, 1.807) is 28.5 Å². The number of hydrogen-bond donors (Lipinski definition) is 0. The van der Waals surface area contributed by atoms with E-state index in [1.165, 1.54) is 0 Å². The number of aromatic nitrogens is 2. The van der Waals surface area contributed by atoms with Crippen molar-refractivity contribution < 1.29 is 14.3 Å². The van der Waals surface area contributed by atoms with E-state index in [9.17, 15) is 9.59 Å². The SMILES string of the molecule is COc1ccc(-c2cc(C(=O)N3CCN(C(C)=O)CC3)n(-c3ccccc3)n2)cc1.